The van der Waals surface area contributed by atoms with Crippen molar-refractivity contribution in [2.45, 2.75) is 19.4 Å². The Labute approximate surface area is 111 Å². The molecule has 2 N–H and O–H groups in total. The maximum absolute atomic E-state index is 13.6. The molecule has 0 saturated carbocycles. The zero-order valence-corrected chi connectivity index (χ0v) is 10.8. The van der Waals surface area contributed by atoms with Gasteiger partial charge in [-0.3, -0.25) is 4.98 Å². The molecule has 1 heterocycles. The van der Waals surface area contributed by atoms with Gasteiger partial charge in [0, 0.05) is 34.9 Å². The highest BCUT2D eigenvalue weighted by atomic mass is 35.5. The summed E-state index contributed by atoms with van der Waals surface area (Å²) in [6.07, 6.45) is 2.26. The Bertz CT molecular complexity index is 540. The van der Waals surface area contributed by atoms with Crippen LogP contribution in [-0.4, -0.2) is 4.98 Å². The second-order valence-electron chi connectivity index (χ2n) is 4.30. The van der Waals surface area contributed by atoms with Gasteiger partial charge in [0.15, 0.2) is 0 Å². The quantitative estimate of drug-likeness (QED) is 0.923. The van der Waals surface area contributed by atoms with Crippen LogP contribution in [0.1, 0.15) is 22.9 Å². The first-order chi connectivity index (χ1) is 8.56. The van der Waals surface area contributed by atoms with E-state index < -0.39 is 6.04 Å². The van der Waals surface area contributed by atoms with Crippen LogP contribution < -0.4 is 5.73 Å². The first-order valence-electron chi connectivity index (χ1n) is 5.68. The van der Waals surface area contributed by atoms with E-state index in [1.165, 1.54) is 12.1 Å². The van der Waals surface area contributed by atoms with Crippen molar-refractivity contribution in [3.05, 3.63) is 64.2 Å². The summed E-state index contributed by atoms with van der Waals surface area (Å²) in [7, 11) is 0. The molecule has 0 aliphatic heterocycles. The van der Waals surface area contributed by atoms with Crippen LogP contribution in [0.15, 0.2) is 36.5 Å². The Hall–Kier alpha value is -1.45. The average molecular weight is 265 g/mol. The lowest BCUT2D eigenvalue weighted by Gasteiger charge is -2.13. The number of nitrogens with two attached hydrogens (primary N) is 1. The van der Waals surface area contributed by atoms with E-state index in [-0.39, 0.29) is 5.82 Å². The van der Waals surface area contributed by atoms with Gasteiger partial charge >= 0.3 is 0 Å². The predicted molar refractivity (Wildman–Crippen MR) is 71.0 cm³/mol. The Kier molecular flexibility index (Phi) is 3.94. The molecule has 1 atom stereocenters. The van der Waals surface area contributed by atoms with E-state index in [1.807, 2.05) is 19.1 Å². The van der Waals surface area contributed by atoms with Gasteiger partial charge in [0.25, 0.3) is 0 Å². The van der Waals surface area contributed by atoms with Crippen LogP contribution in [0.25, 0.3) is 0 Å². The molecule has 1 aromatic carbocycles. The minimum absolute atomic E-state index is 0.334. The number of aromatic nitrogens is 1. The van der Waals surface area contributed by atoms with Gasteiger partial charge in [-0.2, -0.15) is 0 Å². The number of hydrogen-bond donors (Lipinski definition) is 1. The molecule has 0 amide bonds. The Balaban J connectivity index is 2.18. The van der Waals surface area contributed by atoms with Crippen LogP contribution in [0.3, 0.4) is 0 Å². The monoisotopic (exact) mass is 264 g/mol. The molecule has 0 saturated heterocycles. The third-order valence-corrected chi connectivity index (χ3v) is 2.99. The third-order valence-electron chi connectivity index (χ3n) is 2.76. The van der Waals surface area contributed by atoms with Crippen molar-refractivity contribution in [1.29, 1.82) is 0 Å². The Morgan fingerprint density at radius 2 is 2.11 bits per heavy atom. The number of nitrogens with zero attached hydrogens (tertiary/aromatic N) is 1. The van der Waals surface area contributed by atoms with Crippen LogP contribution in [-0.2, 0) is 6.42 Å². The molecule has 0 aliphatic rings. The number of aryl methyl sites for hydroxylation is 1. The Morgan fingerprint density at radius 1 is 1.33 bits per heavy atom. The van der Waals surface area contributed by atoms with Gasteiger partial charge in [-0.25, -0.2) is 4.39 Å². The smallest absolute Gasteiger partial charge is 0.128 e. The average Bonchev–Trinajstić information content (AvgIpc) is 2.35. The molecular formula is C14H14ClFN2. The fourth-order valence-corrected chi connectivity index (χ4v) is 1.93. The van der Waals surface area contributed by atoms with Gasteiger partial charge in [0.1, 0.15) is 5.82 Å². The molecule has 2 nitrogen and oxygen atoms in total. The molecule has 2 rings (SSSR count). The van der Waals surface area contributed by atoms with E-state index in [1.54, 1.807) is 12.3 Å². The molecule has 1 unspecified atom stereocenters. The fraction of sp³-hybridized carbons (Fsp3) is 0.214. The highest BCUT2D eigenvalue weighted by Gasteiger charge is 2.13. The normalized spacial score (nSPS) is 12.4. The number of hydrogen-bond acceptors (Lipinski definition) is 2. The van der Waals surface area contributed by atoms with Crippen LogP contribution in [0.2, 0.25) is 5.02 Å². The number of pyridine rings is 1. The standard InChI is InChI=1S/C14H14ClFN2/c1-9-2-4-11(18-8-9)7-14(17)12-6-10(15)3-5-13(12)16/h2-6,8,14H,7,17H2,1H3. The SMILES string of the molecule is Cc1ccc(CC(N)c2cc(Cl)ccc2F)nc1. The maximum atomic E-state index is 13.6. The molecule has 2 aromatic rings. The summed E-state index contributed by atoms with van der Waals surface area (Å²) in [6, 6.07) is 7.83. The van der Waals surface area contributed by atoms with E-state index >= 15 is 0 Å². The fourth-order valence-electron chi connectivity index (χ4n) is 1.75. The number of benzene rings is 1. The maximum Gasteiger partial charge on any atom is 0.128 e. The lowest BCUT2D eigenvalue weighted by molar-refractivity contribution is 0.578. The molecule has 0 fully saturated rings. The largest absolute Gasteiger partial charge is 0.324 e. The van der Waals surface area contributed by atoms with Gasteiger partial charge in [-0.15, -0.1) is 0 Å². The molecule has 0 bridgehead atoms. The van der Waals surface area contributed by atoms with Crippen molar-refractivity contribution in [2.24, 2.45) is 5.73 Å². The molecular weight excluding hydrogens is 251 g/mol. The van der Waals surface area contributed by atoms with Crippen molar-refractivity contribution in [1.82, 2.24) is 4.98 Å². The van der Waals surface area contributed by atoms with Crippen LogP contribution in [0, 0.1) is 12.7 Å². The third kappa shape index (κ3) is 3.06. The lowest BCUT2D eigenvalue weighted by atomic mass is 10.0. The van der Waals surface area contributed by atoms with Gasteiger partial charge in [0.2, 0.25) is 0 Å². The van der Waals surface area contributed by atoms with Crippen molar-refractivity contribution < 1.29 is 4.39 Å². The highest BCUT2D eigenvalue weighted by Crippen LogP contribution is 2.22. The Morgan fingerprint density at radius 3 is 2.78 bits per heavy atom. The summed E-state index contributed by atoms with van der Waals surface area (Å²) in [5.41, 5.74) is 8.34. The molecule has 0 aliphatic carbocycles. The molecule has 1 aromatic heterocycles. The van der Waals surface area contributed by atoms with Crippen molar-refractivity contribution >= 4 is 11.6 Å². The summed E-state index contributed by atoms with van der Waals surface area (Å²) in [4.78, 5) is 4.26. The topological polar surface area (TPSA) is 38.9 Å². The van der Waals surface area contributed by atoms with Gasteiger partial charge in [0.05, 0.1) is 0 Å². The van der Waals surface area contributed by atoms with E-state index in [4.69, 9.17) is 17.3 Å². The first-order valence-corrected chi connectivity index (χ1v) is 6.06. The summed E-state index contributed by atoms with van der Waals surface area (Å²) in [5, 5.41) is 0.485. The van der Waals surface area contributed by atoms with Crippen molar-refractivity contribution in [3.63, 3.8) is 0 Å². The van der Waals surface area contributed by atoms with Gasteiger partial charge in [-0.1, -0.05) is 17.7 Å². The zero-order valence-electron chi connectivity index (χ0n) is 10.0. The minimum atomic E-state index is -0.445. The summed E-state index contributed by atoms with van der Waals surface area (Å²) < 4.78 is 13.6. The summed E-state index contributed by atoms with van der Waals surface area (Å²) in [5.74, 6) is -0.334. The first kappa shape index (κ1) is 13.0. The van der Waals surface area contributed by atoms with Crippen molar-refractivity contribution in [3.8, 4) is 0 Å². The van der Waals surface area contributed by atoms with E-state index in [2.05, 4.69) is 4.98 Å². The number of rotatable bonds is 3. The molecule has 0 radical (unpaired) electrons. The highest BCUT2D eigenvalue weighted by molar-refractivity contribution is 6.30. The second-order valence-corrected chi connectivity index (χ2v) is 4.74. The molecule has 94 valence electrons. The van der Waals surface area contributed by atoms with Crippen molar-refractivity contribution in [2.75, 3.05) is 0 Å². The zero-order chi connectivity index (χ0) is 13.1. The van der Waals surface area contributed by atoms with E-state index in [9.17, 15) is 4.39 Å². The van der Waals surface area contributed by atoms with E-state index in [0.717, 1.165) is 11.3 Å². The molecule has 18 heavy (non-hydrogen) atoms. The van der Waals surface area contributed by atoms with Gasteiger partial charge in [-0.05, 0) is 36.8 Å². The molecule has 4 heteroatoms. The van der Waals surface area contributed by atoms with Gasteiger partial charge < -0.3 is 5.73 Å². The number of halogens is 2. The second kappa shape index (κ2) is 5.46. The summed E-state index contributed by atoms with van der Waals surface area (Å²) >= 11 is 5.85. The van der Waals surface area contributed by atoms with Crippen LogP contribution >= 0.6 is 11.6 Å². The van der Waals surface area contributed by atoms with Crippen LogP contribution in [0.4, 0.5) is 4.39 Å². The summed E-state index contributed by atoms with van der Waals surface area (Å²) in [6.45, 7) is 1.97. The molecule has 0 spiro atoms. The minimum Gasteiger partial charge on any atom is -0.324 e. The predicted octanol–water partition coefficient (Wildman–Crippen LogP) is 3.43. The van der Waals surface area contributed by atoms with E-state index in [0.29, 0.717) is 17.0 Å². The van der Waals surface area contributed by atoms with Crippen LogP contribution in [0.5, 0.6) is 0 Å². The lowest BCUT2D eigenvalue weighted by Crippen LogP contribution is -2.15.